The Morgan fingerprint density at radius 1 is 1.64 bits per heavy atom. The average Bonchev–Trinajstić information content (AvgIpc) is 2.14. The molecule has 1 amide bonds. The molecule has 0 aliphatic rings. The Morgan fingerprint density at radius 3 is 2.86 bits per heavy atom. The summed E-state index contributed by atoms with van der Waals surface area (Å²) in [5, 5.41) is 3.01. The molecule has 72 valence electrons. The van der Waals surface area contributed by atoms with E-state index in [0.29, 0.717) is 12.1 Å². The fourth-order valence-electron chi connectivity index (χ4n) is 1.20. The second-order valence-electron chi connectivity index (χ2n) is 2.95. The van der Waals surface area contributed by atoms with Crippen LogP contribution in [0.5, 0.6) is 0 Å². The topological polar surface area (TPSA) is 55.1 Å². The van der Waals surface area contributed by atoms with Crippen LogP contribution in [0, 0.1) is 19.3 Å². The number of nitrogens with one attached hydrogen (secondary N) is 1. The van der Waals surface area contributed by atoms with Gasteiger partial charge in [0.2, 0.25) is 5.91 Å². The molecule has 3 heteroatoms. The minimum atomic E-state index is -0.411. The number of amides is 1. The van der Waals surface area contributed by atoms with Gasteiger partial charge in [-0.25, -0.2) is 0 Å². The molecule has 3 N–H and O–H groups in total. The first-order valence-corrected chi connectivity index (χ1v) is 4.23. The average molecular weight is 188 g/mol. The molecule has 0 unspecified atom stereocenters. The van der Waals surface area contributed by atoms with Crippen molar-refractivity contribution in [3.63, 3.8) is 0 Å². The van der Waals surface area contributed by atoms with E-state index in [-0.39, 0.29) is 0 Å². The minimum Gasteiger partial charge on any atom is -0.374 e. The Kier molecular flexibility index (Phi) is 3.14. The fourth-order valence-corrected chi connectivity index (χ4v) is 1.20. The zero-order chi connectivity index (χ0) is 10.6. The second kappa shape index (κ2) is 4.33. The lowest BCUT2D eigenvalue weighted by Crippen LogP contribution is -2.12. The lowest BCUT2D eigenvalue weighted by molar-refractivity contribution is 0.1000. The first-order chi connectivity index (χ1) is 6.65. The van der Waals surface area contributed by atoms with Gasteiger partial charge in [-0.1, -0.05) is 5.92 Å². The first kappa shape index (κ1) is 10.1. The fraction of sp³-hybridized carbons (Fsp3) is 0.182. The minimum absolute atomic E-state index is 0.411. The Balaban J connectivity index is 2.90. The normalized spacial score (nSPS) is 9.14. The van der Waals surface area contributed by atoms with Gasteiger partial charge in [0.25, 0.3) is 0 Å². The third-order valence-corrected chi connectivity index (χ3v) is 1.89. The van der Waals surface area contributed by atoms with Gasteiger partial charge in [-0.3, -0.25) is 4.79 Å². The van der Waals surface area contributed by atoms with Crippen LogP contribution in [0.3, 0.4) is 0 Å². The third-order valence-electron chi connectivity index (χ3n) is 1.89. The molecule has 0 spiro atoms. The van der Waals surface area contributed by atoms with Crippen LogP contribution in [0.2, 0.25) is 0 Å². The van der Waals surface area contributed by atoms with Crippen LogP contribution in [-0.2, 0) is 0 Å². The van der Waals surface area contributed by atoms with E-state index in [2.05, 4.69) is 11.2 Å². The van der Waals surface area contributed by atoms with E-state index in [4.69, 9.17) is 12.2 Å². The van der Waals surface area contributed by atoms with Crippen molar-refractivity contribution in [1.29, 1.82) is 0 Å². The molecule has 1 aromatic rings. The molecule has 14 heavy (non-hydrogen) atoms. The van der Waals surface area contributed by atoms with Crippen molar-refractivity contribution in [1.82, 2.24) is 0 Å². The molecule has 0 fully saturated rings. The molecule has 1 aromatic carbocycles. The standard InChI is InChI=1S/C11H12N2O/c1-3-6-13-9-4-5-10(11(12)14)8(2)7-9/h1,4-5,7,13H,6H2,2H3,(H2,12,14). The molecule has 0 radical (unpaired) electrons. The summed E-state index contributed by atoms with van der Waals surface area (Å²) in [6, 6.07) is 5.32. The van der Waals surface area contributed by atoms with Crippen LogP contribution in [0.15, 0.2) is 18.2 Å². The van der Waals surface area contributed by atoms with Crippen LogP contribution >= 0.6 is 0 Å². The van der Waals surface area contributed by atoms with E-state index in [1.807, 2.05) is 13.0 Å². The first-order valence-electron chi connectivity index (χ1n) is 4.23. The monoisotopic (exact) mass is 188 g/mol. The van der Waals surface area contributed by atoms with Crippen LogP contribution < -0.4 is 11.1 Å². The van der Waals surface area contributed by atoms with Gasteiger partial charge < -0.3 is 11.1 Å². The molecule has 0 bridgehead atoms. The number of anilines is 1. The van der Waals surface area contributed by atoms with Crippen molar-refractivity contribution >= 4 is 11.6 Å². The quantitative estimate of drug-likeness (QED) is 0.699. The third kappa shape index (κ3) is 2.27. The Morgan fingerprint density at radius 2 is 2.36 bits per heavy atom. The number of nitrogens with two attached hydrogens (primary N) is 1. The maximum absolute atomic E-state index is 10.9. The summed E-state index contributed by atoms with van der Waals surface area (Å²) in [7, 11) is 0. The smallest absolute Gasteiger partial charge is 0.248 e. The van der Waals surface area contributed by atoms with Crippen LogP contribution in [0.1, 0.15) is 15.9 Å². The van der Waals surface area contributed by atoms with E-state index in [1.165, 1.54) is 0 Å². The molecule has 0 aromatic heterocycles. The van der Waals surface area contributed by atoms with Crippen molar-refractivity contribution in [2.24, 2.45) is 5.73 Å². The molecule has 1 rings (SSSR count). The van der Waals surface area contributed by atoms with E-state index in [1.54, 1.807) is 12.1 Å². The molecule has 0 saturated carbocycles. The summed E-state index contributed by atoms with van der Waals surface area (Å²) < 4.78 is 0. The van der Waals surface area contributed by atoms with E-state index >= 15 is 0 Å². The maximum Gasteiger partial charge on any atom is 0.248 e. The van der Waals surface area contributed by atoms with Gasteiger partial charge in [0, 0.05) is 11.3 Å². The van der Waals surface area contributed by atoms with Crippen LogP contribution in [0.25, 0.3) is 0 Å². The molecular weight excluding hydrogens is 176 g/mol. The highest BCUT2D eigenvalue weighted by Gasteiger charge is 2.04. The van der Waals surface area contributed by atoms with E-state index in [9.17, 15) is 4.79 Å². The largest absolute Gasteiger partial charge is 0.374 e. The summed E-state index contributed by atoms with van der Waals surface area (Å²) in [5.41, 5.74) is 7.45. The molecule has 0 atom stereocenters. The number of benzene rings is 1. The maximum atomic E-state index is 10.9. The van der Waals surface area contributed by atoms with Crippen molar-refractivity contribution in [2.75, 3.05) is 11.9 Å². The molecule has 0 heterocycles. The van der Waals surface area contributed by atoms with Gasteiger partial charge >= 0.3 is 0 Å². The summed E-state index contributed by atoms with van der Waals surface area (Å²) in [6.45, 7) is 2.30. The Hall–Kier alpha value is -1.95. The summed E-state index contributed by atoms with van der Waals surface area (Å²) in [5.74, 6) is 2.06. The van der Waals surface area contributed by atoms with Gasteiger partial charge in [-0.05, 0) is 30.7 Å². The molecular formula is C11H12N2O. The zero-order valence-electron chi connectivity index (χ0n) is 8.00. The zero-order valence-corrected chi connectivity index (χ0v) is 8.00. The molecule has 0 aliphatic heterocycles. The van der Waals surface area contributed by atoms with Crippen LogP contribution in [-0.4, -0.2) is 12.5 Å². The highest BCUT2D eigenvalue weighted by atomic mass is 16.1. The highest BCUT2D eigenvalue weighted by Crippen LogP contribution is 2.14. The Bertz CT molecular complexity index is 391. The number of hydrogen-bond donors (Lipinski definition) is 2. The lowest BCUT2D eigenvalue weighted by atomic mass is 10.1. The van der Waals surface area contributed by atoms with Crippen molar-refractivity contribution in [3.05, 3.63) is 29.3 Å². The number of carbonyl (C=O) groups excluding carboxylic acids is 1. The van der Waals surface area contributed by atoms with E-state index < -0.39 is 5.91 Å². The van der Waals surface area contributed by atoms with Crippen molar-refractivity contribution in [2.45, 2.75) is 6.92 Å². The molecule has 0 saturated heterocycles. The Labute approximate surface area is 83.3 Å². The SMILES string of the molecule is C#CCNc1ccc(C(N)=O)c(C)c1. The van der Waals surface area contributed by atoms with Gasteiger partial charge in [-0.15, -0.1) is 6.42 Å². The summed E-state index contributed by atoms with van der Waals surface area (Å²) >= 11 is 0. The predicted octanol–water partition coefficient (Wildman–Crippen LogP) is 1.14. The molecule has 3 nitrogen and oxygen atoms in total. The number of terminal acetylenes is 1. The number of rotatable bonds is 3. The van der Waals surface area contributed by atoms with Gasteiger partial charge in [0.05, 0.1) is 6.54 Å². The number of primary amides is 1. The highest BCUT2D eigenvalue weighted by molar-refractivity contribution is 5.94. The van der Waals surface area contributed by atoms with Crippen LogP contribution in [0.4, 0.5) is 5.69 Å². The summed E-state index contributed by atoms with van der Waals surface area (Å²) in [4.78, 5) is 10.9. The molecule has 0 aliphatic carbocycles. The van der Waals surface area contributed by atoms with Crippen molar-refractivity contribution in [3.8, 4) is 12.3 Å². The van der Waals surface area contributed by atoms with Crippen molar-refractivity contribution < 1.29 is 4.79 Å². The van der Waals surface area contributed by atoms with Gasteiger partial charge in [0.15, 0.2) is 0 Å². The lowest BCUT2D eigenvalue weighted by Gasteiger charge is -2.06. The van der Waals surface area contributed by atoms with Gasteiger partial charge in [0.1, 0.15) is 0 Å². The second-order valence-corrected chi connectivity index (χ2v) is 2.95. The summed E-state index contributed by atoms with van der Waals surface area (Å²) in [6.07, 6.45) is 5.11. The number of hydrogen-bond acceptors (Lipinski definition) is 2. The predicted molar refractivity (Wildman–Crippen MR) is 57.0 cm³/mol. The number of carbonyl (C=O) groups is 1. The van der Waals surface area contributed by atoms with E-state index in [0.717, 1.165) is 11.3 Å². The van der Waals surface area contributed by atoms with Gasteiger partial charge in [-0.2, -0.15) is 0 Å². The number of aryl methyl sites for hydroxylation is 1.